The molecule has 9 heteroatoms. The monoisotopic (exact) mass is 357 g/mol. The van der Waals surface area contributed by atoms with E-state index in [2.05, 4.69) is 30.9 Å². The molecule has 9 nitrogen and oxygen atoms in total. The van der Waals surface area contributed by atoms with Crippen molar-refractivity contribution >= 4 is 23.5 Å². The minimum atomic E-state index is -0.529. The zero-order valence-corrected chi connectivity index (χ0v) is 14.2. The number of amides is 2. The van der Waals surface area contributed by atoms with Gasteiger partial charge in [0.05, 0.1) is 7.11 Å². The van der Waals surface area contributed by atoms with Crippen molar-refractivity contribution in [3.05, 3.63) is 46.8 Å². The Bertz CT molecular complexity index is 828. The van der Waals surface area contributed by atoms with Crippen molar-refractivity contribution in [3.8, 4) is 0 Å². The Kier molecular flexibility index (Phi) is 5.28. The number of rotatable bonds is 5. The van der Waals surface area contributed by atoms with Gasteiger partial charge in [-0.15, -0.1) is 0 Å². The highest BCUT2D eigenvalue weighted by atomic mass is 16.5. The van der Waals surface area contributed by atoms with E-state index in [0.717, 1.165) is 24.2 Å². The molecule has 136 valence electrons. The number of fused-ring (bicyclic) bond motifs is 1. The van der Waals surface area contributed by atoms with Crippen molar-refractivity contribution in [3.63, 3.8) is 0 Å². The molecule has 0 radical (unpaired) electrons. The molecule has 0 saturated heterocycles. The zero-order valence-electron chi connectivity index (χ0n) is 14.2. The standard InChI is InChI=1S/C17H19N5O4/c1-26-14(23)9-19-16(24)10-2-4-11(5-3-10)20-17(25)15-12-8-18-7-6-13(12)21-22-15/h2-5,18H,6-9H2,1H3,(H,19,24)(H,20,25)(H,21,22). The molecule has 0 aliphatic carbocycles. The van der Waals surface area contributed by atoms with E-state index in [0.29, 0.717) is 23.5 Å². The van der Waals surface area contributed by atoms with Gasteiger partial charge in [0.2, 0.25) is 0 Å². The van der Waals surface area contributed by atoms with Gasteiger partial charge in [0.1, 0.15) is 6.54 Å². The van der Waals surface area contributed by atoms with Crippen LogP contribution in [0, 0.1) is 0 Å². The maximum atomic E-state index is 12.4. The Balaban J connectivity index is 1.62. The van der Waals surface area contributed by atoms with Crippen LogP contribution in [0.15, 0.2) is 24.3 Å². The number of aromatic amines is 1. The van der Waals surface area contributed by atoms with Crippen molar-refractivity contribution in [1.29, 1.82) is 0 Å². The van der Waals surface area contributed by atoms with Crippen LogP contribution >= 0.6 is 0 Å². The van der Waals surface area contributed by atoms with E-state index in [1.54, 1.807) is 24.3 Å². The lowest BCUT2D eigenvalue weighted by atomic mass is 10.1. The molecule has 0 spiro atoms. The van der Waals surface area contributed by atoms with Crippen LogP contribution in [0.2, 0.25) is 0 Å². The van der Waals surface area contributed by atoms with E-state index in [4.69, 9.17) is 0 Å². The summed E-state index contributed by atoms with van der Waals surface area (Å²) in [7, 11) is 1.25. The van der Waals surface area contributed by atoms with Crippen LogP contribution in [-0.4, -0.2) is 48.2 Å². The molecule has 0 saturated carbocycles. The van der Waals surface area contributed by atoms with Gasteiger partial charge in [-0.3, -0.25) is 19.5 Å². The zero-order chi connectivity index (χ0) is 18.5. The number of anilines is 1. The van der Waals surface area contributed by atoms with Gasteiger partial charge in [-0.25, -0.2) is 0 Å². The van der Waals surface area contributed by atoms with Gasteiger partial charge in [0.15, 0.2) is 5.69 Å². The average Bonchev–Trinajstić information content (AvgIpc) is 3.10. The van der Waals surface area contributed by atoms with Crippen LogP contribution in [0.5, 0.6) is 0 Å². The predicted molar refractivity (Wildman–Crippen MR) is 92.7 cm³/mol. The summed E-state index contributed by atoms with van der Waals surface area (Å²) in [5, 5.41) is 15.4. The van der Waals surface area contributed by atoms with Crippen molar-refractivity contribution in [2.45, 2.75) is 13.0 Å². The molecule has 0 bridgehead atoms. The Labute approximate surface area is 149 Å². The highest BCUT2D eigenvalue weighted by Gasteiger charge is 2.21. The van der Waals surface area contributed by atoms with E-state index in [1.807, 2.05) is 0 Å². The molecule has 1 aromatic heterocycles. The Morgan fingerprint density at radius 1 is 1.19 bits per heavy atom. The number of benzene rings is 1. The summed E-state index contributed by atoms with van der Waals surface area (Å²) in [4.78, 5) is 35.4. The number of methoxy groups -OCH3 is 1. The summed E-state index contributed by atoms with van der Waals surface area (Å²) in [6.07, 6.45) is 0.811. The SMILES string of the molecule is COC(=O)CNC(=O)c1ccc(NC(=O)c2n[nH]c3c2CNCC3)cc1. The van der Waals surface area contributed by atoms with E-state index >= 15 is 0 Å². The summed E-state index contributed by atoms with van der Waals surface area (Å²) in [6.45, 7) is 1.26. The van der Waals surface area contributed by atoms with Crippen LogP contribution in [-0.2, 0) is 22.5 Å². The first-order chi connectivity index (χ1) is 12.6. The number of nitrogens with one attached hydrogen (secondary N) is 4. The summed E-state index contributed by atoms with van der Waals surface area (Å²) in [5.41, 5.74) is 3.14. The first-order valence-electron chi connectivity index (χ1n) is 8.11. The van der Waals surface area contributed by atoms with Gasteiger partial charge in [-0.05, 0) is 24.3 Å². The largest absolute Gasteiger partial charge is 0.468 e. The van der Waals surface area contributed by atoms with E-state index in [-0.39, 0.29) is 12.5 Å². The number of nitrogens with zero attached hydrogens (tertiary/aromatic N) is 1. The number of hydrogen-bond acceptors (Lipinski definition) is 6. The van der Waals surface area contributed by atoms with Crippen molar-refractivity contribution in [2.75, 3.05) is 25.5 Å². The fourth-order valence-electron chi connectivity index (χ4n) is 2.63. The fraction of sp³-hybridized carbons (Fsp3) is 0.294. The lowest BCUT2D eigenvalue weighted by molar-refractivity contribution is -0.139. The molecular weight excluding hydrogens is 338 g/mol. The molecule has 3 rings (SSSR count). The van der Waals surface area contributed by atoms with Crippen molar-refractivity contribution < 1.29 is 19.1 Å². The molecule has 2 aromatic rings. The third-order valence-corrected chi connectivity index (χ3v) is 4.05. The van der Waals surface area contributed by atoms with E-state index < -0.39 is 11.9 Å². The van der Waals surface area contributed by atoms with Crippen LogP contribution < -0.4 is 16.0 Å². The third kappa shape index (κ3) is 3.89. The molecule has 1 aliphatic heterocycles. The average molecular weight is 357 g/mol. The molecule has 2 amide bonds. The molecule has 0 atom stereocenters. The molecule has 0 fully saturated rings. The van der Waals surface area contributed by atoms with Crippen molar-refractivity contribution in [2.24, 2.45) is 0 Å². The Hall–Kier alpha value is -3.20. The minimum absolute atomic E-state index is 0.202. The number of carbonyl (C=O) groups is 3. The number of H-pyrrole nitrogens is 1. The molecule has 0 unspecified atom stereocenters. The van der Waals surface area contributed by atoms with Crippen LogP contribution in [0.4, 0.5) is 5.69 Å². The topological polar surface area (TPSA) is 125 Å². The maximum absolute atomic E-state index is 12.4. The molecule has 1 aromatic carbocycles. The highest BCUT2D eigenvalue weighted by molar-refractivity contribution is 6.04. The quantitative estimate of drug-likeness (QED) is 0.567. The molecule has 26 heavy (non-hydrogen) atoms. The van der Waals surface area contributed by atoms with Crippen LogP contribution in [0.25, 0.3) is 0 Å². The van der Waals surface area contributed by atoms with E-state index in [1.165, 1.54) is 7.11 Å². The minimum Gasteiger partial charge on any atom is -0.468 e. The van der Waals surface area contributed by atoms with Gasteiger partial charge >= 0.3 is 5.97 Å². The van der Waals surface area contributed by atoms with Gasteiger partial charge in [-0.1, -0.05) is 0 Å². The highest BCUT2D eigenvalue weighted by Crippen LogP contribution is 2.17. The van der Waals surface area contributed by atoms with Gasteiger partial charge in [0, 0.05) is 42.0 Å². The fourth-order valence-corrected chi connectivity index (χ4v) is 2.63. The third-order valence-electron chi connectivity index (χ3n) is 4.05. The predicted octanol–water partition coefficient (Wildman–Crippen LogP) is 0.210. The number of hydrogen-bond donors (Lipinski definition) is 4. The summed E-state index contributed by atoms with van der Waals surface area (Å²) >= 11 is 0. The number of aromatic nitrogens is 2. The van der Waals surface area contributed by atoms with Gasteiger partial charge in [0.25, 0.3) is 11.8 Å². The number of ether oxygens (including phenoxy) is 1. The van der Waals surface area contributed by atoms with Gasteiger partial charge in [-0.2, -0.15) is 5.10 Å². The van der Waals surface area contributed by atoms with Crippen LogP contribution in [0.1, 0.15) is 32.1 Å². The molecule has 4 N–H and O–H groups in total. The Morgan fingerprint density at radius 2 is 1.96 bits per heavy atom. The first-order valence-corrected chi connectivity index (χ1v) is 8.11. The van der Waals surface area contributed by atoms with E-state index in [9.17, 15) is 14.4 Å². The van der Waals surface area contributed by atoms with Crippen LogP contribution in [0.3, 0.4) is 0 Å². The molecular formula is C17H19N5O4. The normalized spacial score (nSPS) is 12.8. The Morgan fingerprint density at radius 3 is 2.69 bits per heavy atom. The maximum Gasteiger partial charge on any atom is 0.325 e. The molecule has 1 aliphatic rings. The lowest BCUT2D eigenvalue weighted by Gasteiger charge is -2.13. The second kappa shape index (κ2) is 7.79. The summed E-state index contributed by atoms with van der Waals surface area (Å²) in [5.74, 6) is -1.24. The second-order valence-electron chi connectivity index (χ2n) is 5.75. The smallest absolute Gasteiger partial charge is 0.325 e. The summed E-state index contributed by atoms with van der Waals surface area (Å²) < 4.78 is 4.46. The number of esters is 1. The molecule has 2 heterocycles. The first kappa shape index (κ1) is 17.6. The number of carbonyl (C=O) groups excluding carboxylic acids is 3. The van der Waals surface area contributed by atoms with Crippen molar-refractivity contribution in [1.82, 2.24) is 20.8 Å². The second-order valence-corrected chi connectivity index (χ2v) is 5.75. The van der Waals surface area contributed by atoms with Gasteiger partial charge < -0.3 is 20.7 Å². The lowest BCUT2D eigenvalue weighted by Crippen LogP contribution is -2.30. The summed E-state index contributed by atoms with van der Waals surface area (Å²) in [6, 6.07) is 6.35.